The van der Waals surface area contributed by atoms with Gasteiger partial charge in [0.2, 0.25) is 0 Å². The maximum absolute atomic E-state index is 4.77. The fourth-order valence-electron chi connectivity index (χ4n) is 18.8. The molecule has 1 atom stereocenters. The SMILES string of the molecule is C=C(/C=C\[C@](C)(CC)CCc1cc(C)c(-c2ccc3c4ccc(-c5ccc(C)cc5)cc4n(-c4cccc(-c5ccccc5)c4)c3c2)c(CC)c1)c1ccc2c3ccc(-c4c(C)cc(CCc5ccc(-c6ccc7c8ccc(-c9c(C)cc(C)cc9C)cc8n(-c8ccc(C)cc8)c7c6)cc5)cc4C)cc3n(-c3ccccc3)c2c1. The molecule has 0 unspecified atom stereocenters. The molecule has 0 fully saturated rings. The normalized spacial score (nSPS) is 12.4. The standard InChI is InChI=1S/C112H99N3/c1-13-83-63-82(62-79(11)111(83)93-45-53-102-99-50-41-89(85-36-28-71(3)29-37-85)67-105(99)115(108(102)70-93)96-27-21-24-88(64-96)84-22-17-15-18-23-84)55-57-112(12,14-2)56-54-74(6)87-40-48-97-100-52-44-92(69-106(100)113(103(97)65-87)94-25-19-16-20-26-94)110-77(9)60-81(61-78(110)10)33-32-80-34-38-86(39-35-80)90-42-49-98-101-51-43-91(109-75(7)58-73(5)59-76(109)8)68-107(101)114(104(98)66-90)95-46-30-72(4)31-47-95/h15-31,34-54,56,58-70H,6,13-14,32-33,55,57H2,1-5,7-12H3/b56-54-/t112-/m0/s1. The zero-order valence-electron chi connectivity index (χ0n) is 68.3. The smallest absolute Gasteiger partial charge is 0.0547 e. The van der Waals surface area contributed by atoms with Crippen LogP contribution in [-0.4, -0.2) is 13.7 Å². The number of fused-ring (bicyclic) bond motifs is 9. The molecule has 562 valence electrons. The van der Waals surface area contributed by atoms with Crippen molar-refractivity contribution in [2.45, 2.75) is 115 Å². The molecule has 0 aliphatic carbocycles. The van der Waals surface area contributed by atoms with Crippen LogP contribution in [0.15, 0.2) is 322 Å². The van der Waals surface area contributed by atoms with E-state index >= 15 is 0 Å². The molecule has 18 aromatic rings. The number of aromatic nitrogens is 3. The number of hydrogen-bond acceptors (Lipinski definition) is 0. The molecule has 18 rings (SSSR count). The van der Waals surface area contributed by atoms with Gasteiger partial charge in [0.15, 0.2) is 0 Å². The molecule has 0 spiro atoms. The number of aryl methyl sites for hydroxylation is 12. The summed E-state index contributed by atoms with van der Waals surface area (Å²) in [6.45, 7) is 29.8. The lowest BCUT2D eigenvalue weighted by Gasteiger charge is -2.25. The molecule has 0 bridgehead atoms. The second kappa shape index (κ2) is 30.3. The lowest BCUT2D eigenvalue weighted by atomic mass is 9.80. The summed E-state index contributed by atoms with van der Waals surface area (Å²) in [4.78, 5) is 0. The first-order chi connectivity index (χ1) is 55.9. The molecule has 0 N–H and O–H groups in total. The van der Waals surface area contributed by atoms with Crippen molar-refractivity contribution >= 4 is 71.0 Å². The van der Waals surface area contributed by atoms with Gasteiger partial charge in [-0.2, -0.15) is 0 Å². The van der Waals surface area contributed by atoms with E-state index in [2.05, 4.69) is 405 Å². The Morgan fingerprint density at radius 3 is 1.20 bits per heavy atom. The highest BCUT2D eigenvalue weighted by atomic mass is 15.0. The number of benzene rings is 15. The van der Waals surface area contributed by atoms with E-state index in [9.17, 15) is 0 Å². The van der Waals surface area contributed by atoms with Crippen LogP contribution in [0, 0.1) is 60.8 Å². The minimum atomic E-state index is -0.0437. The van der Waals surface area contributed by atoms with E-state index in [1.54, 1.807) is 0 Å². The van der Waals surface area contributed by atoms with Crippen LogP contribution in [0.25, 0.3) is 155 Å². The maximum Gasteiger partial charge on any atom is 0.0547 e. The van der Waals surface area contributed by atoms with Crippen LogP contribution >= 0.6 is 0 Å². The van der Waals surface area contributed by atoms with Gasteiger partial charge >= 0.3 is 0 Å². The molecule has 3 aromatic heterocycles. The molecule has 3 nitrogen and oxygen atoms in total. The first-order valence-corrected chi connectivity index (χ1v) is 41.3. The first kappa shape index (κ1) is 73.6. The van der Waals surface area contributed by atoms with E-state index in [-0.39, 0.29) is 5.41 Å². The summed E-state index contributed by atoms with van der Waals surface area (Å²) in [6.07, 6.45) is 10.6. The third-order valence-corrected chi connectivity index (χ3v) is 25.0. The molecular formula is C112H99N3. The van der Waals surface area contributed by atoms with Crippen LogP contribution in [0.4, 0.5) is 0 Å². The van der Waals surface area contributed by atoms with Crippen LogP contribution in [0.3, 0.4) is 0 Å². The highest BCUT2D eigenvalue weighted by molar-refractivity contribution is 6.14. The predicted octanol–water partition coefficient (Wildman–Crippen LogP) is 30.4. The Hall–Kier alpha value is -12.8. The third-order valence-electron chi connectivity index (χ3n) is 25.0. The van der Waals surface area contributed by atoms with Gasteiger partial charge in [0.25, 0.3) is 0 Å². The quantitative estimate of drug-likeness (QED) is 0.0676. The topological polar surface area (TPSA) is 14.8 Å². The molecule has 0 saturated carbocycles. The van der Waals surface area contributed by atoms with E-state index in [0.29, 0.717) is 0 Å². The average Bonchev–Trinajstić information content (AvgIpc) is 1.62. The second-order valence-corrected chi connectivity index (χ2v) is 33.1. The van der Waals surface area contributed by atoms with Crippen molar-refractivity contribution in [1.82, 2.24) is 13.7 Å². The fourth-order valence-corrected chi connectivity index (χ4v) is 18.8. The summed E-state index contributed by atoms with van der Waals surface area (Å²) in [5.74, 6) is 0. The van der Waals surface area contributed by atoms with Crippen LogP contribution < -0.4 is 0 Å². The van der Waals surface area contributed by atoms with Crippen molar-refractivity contribution in [3.05, 3.63) is 394 Å². The largest absolute Gasteiger partial charge is 0.309 e. The van der Waals surface area contributed by atoms with E-state index in [4.69, 9.17) is 6.58 Å². The van der Waals surface area contributed by atoms with Gasteiger partial charge in [-0.1, -0.05) is 287 Å². The number of nitrogens with zero attached hydrogens (tertiary/aromatic N) is 3. The molecule has 0 saturated heterocycles. The minimum absolute atomic E-state index is 0.0437. The Kier molecular flexibility index (Phi) is 19.4. The molecule has 15 aromatic carbocycles. The second-order valence-electron chi connectivity index (χ2n) is 33.1. The molecule has 0 aliphatic heterocycles. The van der Waals surface area contributed by atoms with E-state index in [0.717, 1.165) is 61.0 Å². The number of allylic oxidation sites excluding steroid dienone is 3. The van der Waals surface area contributed by atoms with Crippen molar-refractivity contribution in [2.75, 3.05) is 0 Å². The van der Waals surface area contributed by atoms with Crippen molar-refractivity contribution in [2.24, 2.45) is 5.41 Å². The number of para-hydroxylation sites is 1. The van der Waals surface area contributed by atoms with Crippen LogP contribution in [0.5, 0.6) is 0 Å². The number of rotatable bonds is 20. The Morgan fingerprint density at radius 2 is 0.678 bits per heavy atom. The van der Waals surface area contributed by atoms with E-state index in [1.165, 1.54) is 205 Å². The summed E-state index contributed by atoms with van der Waals surface area (Å²) in [5.41, 5.74) is 43.6. The van der Waals surface area contributed by atoms with Crippen LogP contribution in [0.2, 0.25) is 0 Å². The molecule has 115 heavy (non-hydrogen) atoms. The average molecular weight is 1490 g/mol. The molecule has 3 heteroatoms. The zero-order valence-corrected chi connectivity index (χ0v) is 68.3. The van der Waals surface area contributed by atoms with E-state index < -0.39 is 0 Å². The number of hydrogen-bond donors (Lipinski definition) is 0. The maximum atomic E-state index is 4.77. The van der Waals surface area contributed by atoms with Crippen LogP contribution in [-0.2, 0) is 25.7 Å². The minimum Gasteiger partial charge on any atom is -0.309 e. The Balaban J connectivity index is 0.581. The summed E-state index contributed by atoms with van der Waals surface area (Å²) >= 11 is 0. The van der Waals surface area contributed by atoms with E-state index in [1.807, 2.05) is 0 Å². The van der Waals surface area contributed by atoms with Gasteiger partial charge < -0.3 is 13.7 Å². The molecule has 0 radical (unpaired) electrons. The Morgan fingerprint density at radius 1 is 0.304 bits per heavy atom. The van der Waals surface area contributed by atoms with Crippen molar-refractivity contribution in [1.29, 1.82) is 0 Å². The lowest BCUT2D eigenvalue weighted by molar-refractivity contribution is 0.377. The van der Waals surface area contributed by atoms with Gasteiger partial charge in [0.05, 0.1) is 33.1 Å². The summed E-state index contributed by atoms with van der Waals surface area (Å²) < 4.78 is 7.43. The van der Waals surface area contributed by atoms with Gasteiger partial charge in [-0.05, 0) is 300 Å². The molecule has 3 heterocycles. The monoisotopic (exact) mass is 1490 g/mol. The molecular weight excluding hydrogens is 1390 g/mol. The summed E-state index contributed by atoms with van der Waals surface area (Å²) in [7, 11) is 0. The molecule has 0 amide bonds. The summed E-state index contributed by atoms with van der Waals surface area (Å²) in [6, 6.07) is 115. The Bertz CT molecular complexity index is 6820. The zero-order chi connectivity index (χ0) is 78.9. The fraction of sp³-hybridized carbons (Fsp3) is 0.161. The van der Waals surface area contributed by atoms with Crippen LogP contribution in [0.1, 0.15) is 106 Å². The van der Waals surface area contributed by atoms with Gasteiger partial charge in [0, 0.05) is 49.4 Å². The van der Waals surface area contributed by atoms with Crippen molar-refractivity contribution < 1.29 is 0 Å². The highest BCUT2D eigenvalue weighted by Gasteiger charge is 2.24. The first-order valence-electron chi connectivity index (χ1n) is 41.3. The van der Waals surface area contributed by atoms with Crippen molar-refractivity contribution in [3.63, 3.8) is 0 Å². The lowest BCUT2D eigenvalue weighted by Crippen LogP contribution is -2.13. The van der Waals surface area contributed by atoms with Crippen molar-refractivity contribution in [3.8, 4) is 83.8 Å². The Labute approximate surface area is 678 Å². The molecule has 0 aliphatic rings. The van der Waals surface area contributed by atoms with Gasteiger partial charge in [-0.3, -0.25) is 0 Å². The van der Waals surface area contributed by atoms with Gasteiger partial charge in [0.1, 0.15) is 0 Å². The predicted molar refractivity (Wildman–Crippen MR) is 495 cm³/mol. The van der Waals surface area contributed by atoms with Gasteiger partial charge in [-0.25, -0.2) is 0 Å². The highest BCUT2D eigenvalue weighted by Crippen LogP contribution is 2.45. The summed E-state index contributed by atoms with van der Waals surface area (Å²) in [5, 5.41) is 7.51. The van der Waals surface area contributed by atoms with Gasteiger partial charge in [-0.15, -0.1) is 0 Å². The third kappa shape index (κ3) is 13.9.